The molecule has 1 aliphatic heterocycles. The number of halogens is 2. The molecule has 5 rings (SSSR count). The first-order chi connectivity index (χ1) is 20.2. The van der Waals surface area contributed by atoms with Crippen molar-refractivity contribution in [2.45, 2.75) is 40.2 Å². The van der Waals surface area contributed by atoms with Gasteiger partial charge in [-0.3, -0.25) is 14.2 Å². The Morgan fingerprint density at radius 3 is 2.62 bits per heavy atom. The van der Waals surface area contributed by atoms with Gasteiger partial charge in [0, 0.05) is 53.4 Å². The van der Waals surface area contributed by atoms with Crippen LogP contribution >= 0.6 is 34.5 Å². The topological polar surface area (TPSA) is 76.5 Å². The molecule has 1 fully saturated rings. The standard InChI is InChI=1S/C32H34Cl2N4O3S/c1-5-41-23-10-11-26(34)29(15-23)38-28(14-19(2)3)24(31(39)37-13-12-35-20(4)17-37)16-25(32(38)40)30-36-27(18-42-30)21-6-8-22(33)9-7-21/h6-11,15-16,18-20,35H,5,12-14,17H2,1-4H3/t20-/m0/s1. The number of hydrogen-bond donors (Lipinski definition) is 1. The number of pyridine rings is 1. The maximum absolute atomic E-state index is 14.5. The van der Waals surface area contributed by atoms with Crippen molar-refractivity contribution in [3.8, 4) is 33.3 Å². The highest BCUT2D eigenvalue weighted by Crippen LogP contribution is 2.33. The number of nitrogens with one attached hydrogen (secondary N) is 1. The molecule has 1 saturated heterocycles. The maximum Gasteiger partial charge on any atom is 0.265 e. The number of amides is 1. The smallest absolute Gasteiger partial charge is 0.265 e. The molecule has 1 amide bonds. The molecule has 0 saturated carbocycles. The lowest BCUT2D eigenvalue weighted by Crippen LogP contribution is -2.51. The van der Waals surface area contributed by atoms with Gasteiger partial charge in [-0.2, -0.15) is 0 Å². The second-order valence-electron chi connectivity index (χ2n) is 10.9. The Balaban J connectivity index is 1.76. The molecule has 10 heteroatoms. The molecule has 4 aromatic rings. The second-order valence-corrected chi connectivity index (χ2v) is 12.6. The van der Waals surface area contributed by atoms with Crippen molar-refractivity contribution < 1.29 is 9.53 Å². The third kappa shape index (κ3) is 6.42. The van der Waals surface area contributed by atoms with E-state index in [2.05, 4.69) is 26.1 Å². The molecule has 0 radical (unpaired) electrons. The molecule has 0 aliphatic carbocycles. The van der Waals surface area contributed by atoms with Gasteiger partial charge in [0.15, 0.2) is 0 Å². The van der Waals surface area contributed by atoms with Gasteiger partial charge in [-0.25, -0.2) is 4.98 Å². The fourth-order valence-electron chi connectivity index (χ4n) is 5.19. The number of thiazole rings is 1. The molecule has 1 aliphatic rings. The van der Waals surface area contributed by atoms with E-state index in [4.69, 9.17) is 32.9 Å². The molecular weight excluding hydrogens is 591 g/mol. The van der Waals surface area contributed by atoms with Crippen LogP contribution in [0.2, 0.25) is 10.0 Å². The van der Waals surface area contributed by atoms with Gasteiger partial charge < -0.3 is 15.0 Å². The number of piperazine rings is 1. The summed E-state index contributed by atoms with van der Waals surface area (Å²) in [4.78, 5) is 35.4. The van der Waals surface area contributed by atoms with E-state index in [-0.39, 0.29) is 23.4 Å². The van der Waals surface area contributed by atoms with Crippen molar-refractivity contribution in [3.05, 3.63) is 85.6 Å². The second kappa shape index (κ2) is 13.0. The van der Waals surface area contributed by atoms with Gasteiger partial charge in [0.05, 0.1) is 34.1 Å². The average molecular weight is 626 g/mol. The monoisotopic (exact) mass is 624 g/mol. The summed E-state index contributed by atoms with van der Waals surface area (Å²) in [6, 6.07) is 14.6. The largest absolute Gasteiger partial charge is 0.494 e. The van der Waals surface area contributed by atoms with Crippen LogP contribution in [0.3, 0.4) is 0 Å². The molecule has 3 heterocycles. The summed E-state index contributed by atoms with van der Waals surface area (Å²) in [6.07, 6.45) is 0.501. The minimum absolute atomic E-state index is 0.111. The molecule has 2 aromatic carbocycles. The van der Waals surface area contributed by atoms with Gasteiger partial charge in [0.2, 0.25) is 0 Å². The summed E-state index contributed by atoms with van der Waals surface area (Å²) in [6.45, 7) is 10.4. The molecule has 42 heavy (non-hydrogen) atoms. The molecule has 1 N–H and O–H groups in total. The fourth-order valence-corrected chi connectivity index (χ4v) is 6.36. The molecule has 220 valence electrons. The highest BCUT2D eigenvalue weighted by atomic mass is 35.5. The predicted octanol–water partition coefficient (Wildman–Crippen LogP) is 6.97. The summed E-state index contributed by atoms with van der Waals surface area (Å²) in [5.41, 5.74) is 3.25. The number of rotatable bonds is 8. The number of hydrogen-bond acceptors (Lipinski definition) is 6. The molecule has 2 aromatic heterocycles. The third-order valence-electron chi connectivity index (χ3n) is 7.14. The Morgan fingerprint density at radius 1 is 1.17 bits per heavy atom. The first-order valence-electron chi connectivity index (χ1n) is 14.1. The number of ether oxygens (including phenoxy) is 1. The van der Waals surface area contributed by atoms with E-state index < -0.39 is 0 Å². The van der Waals surface area contributed by atoms with E-state index >= 15 is 0 Å². The number of carbonyl (C=O) groups excluding carboxylic acids is 1. The van der Waals surface area contributed by atoms with Gasteiger partial charge in [0.25, 0.3) is 11.5 Å². The molecule has 0 bridgehead atoms. The predicted molar refractivity (Wildman–Crippen MR) is 172 cm³/mol. The fraction of sp³-hybridized carbons (Fsp3) is 0.344. The van der Waals surface area contributed by atoms with Crippen molar-refractivity contribution in [1.82, 2.24) is 19.8 Å². The van der Waals surface area contributed by atoms with Crippen LogP contribution in [0.1, 0.15) is 43.7 Å². The van der Waals surface area contributed by atoms with E-state index in [1.165, 1.54) is 11.3 Å². The molecule has 0 unspecified atom stereocenters. The molecule has 7 nitrogen and oxygen atoms in total. The van der Waals surface area contributed by atoms with E-state index in [1.54, 1.807) is 28.8 Å². The quantitative estimate of drug-likeness (QED) is 0.229. The Hall–Kier alpha value is -3.17. The Labute approximate surface area is 260 Å². The first-order valence-corrected chi connectivity index (χ1v) is 15.8. The number of benzene rings is 2. The third-order valence-corrected chi connectivity index (χ3v) is 8.58. The molecule has 1 atom stereocenters. The van der Waals surface area contributed by atoms with Crippen LogP contribution in [-0.4, -0.2) is 52.6 Å². The van der Waals surface area contributed by atoms with Gasteiger partial charge in [-0.15, -0.1) is 11.3 Å². The zero-order valence-corrected chi connectivity index (χ0v) is 26.4. The summed E-state index contributed by atoms with van der Waals surface area (Å²) >= 11 is 14.2. The number of aromatic nitrogens is 2. The van der Waals surface area contributed by atoms with Crippen LogP contribution < -0.4 is 15.6 Å². The SMILES string of the molecule is CCOc1ccc(Cl)c(-n2c(CC(C)C)c(C(=O)N3CCN[C@@H](C)C3)cc(-c3nc(-c4ccc(Cl)cc4)cs3)c2=O)c1. The number of carbonyl (C=O) groups is 1. The van der Waals surface area contributed by atoms with Crippen molar-refractivity contribution in [1.29, 1.82) is 0 Å². The van der Waals surface area contributed by atoms with Gasteiger partial charge in [-0.05, 0) is 56.5 Å². The zero-order valence-electron chi connectivity index (χ0n) is 24.1. The van der Waals surface area contributed by atoms with Crippen molar-refractivity contribution in [2.24, 2.45) is 5.92 Å². The van der Waals surface area contributed by atoms with E-state index in [0.717, 1.165) is 11.3 Å². The Kier molecular flexibility index (Phi) is 9.38. The minimum atomic E-state index is -0.288. The first kappa shape index (κ1) is 30.3. The lowest BCUT2D eigenvalue weighted by Gasteiger charge is -2.33. The van der Waals surface area contributed by atoms with Crippen LogP contribution in [0, 0.1) is 5.92 Å². The highest BCUT2D eigenvalue weighted by Gasteiger charge is 2.29. The Bertz CT molecular complexity index is 1650. The van der Waals surface area contributed by atoms with E-state index in [0.29, 0.717) is 76.0 Å². The number of nitrogens with zero attached hydrogens (tertiary/aromatic N) is 3. The zero-order chi connectivity index (χ0) is 30.0. The summed E-state index contributed by atoms with van der Waals surface area (Å²) in [7, 11) is 0. The van der Waals surface area contributed by atoms with Crippen LogP contribution in [-0.2, 0) is 6.42 Å². The van der Waals surface area contributed by atoms with Crippen LogP contribution in [0.25, 0.3) is 27.5 Å². The molecule has 0 spiro atoms. The molecular formula is C32H34Cl2N4O3S. The minimum Gasteiger partial charge on any atom is -0.494 e. The summed E-state index contributed by atoms with van der Waals surface area (Å²) in [5, 5.41) is 6.85. The summed E-state index contributed by atoms with van der Waals surface area (Å²) in [5.74, 6) is 0.647. The van der Waals surface area contributed by atoms with E-state index in [9.17, 15) is 9.59 Å². The van der Waals surface area contributed by atoms with E-state index in [1.807, 2.05) is 41.5 Å². The van der Waals surface area contributed by atoms with Crippen LogP contribution in [0.15, 0.2) is 58.7 Å². The van der Waals surface area contributed by atoms with Crippen LogP contribution in [0.5, 0.6) is 5.75 Å². The van der Waals surface area contributed by atoms with Crippen molar-refractivity contribution in [2.75, 3.05) is 26.2 Å². The van der Waals surface area contributed by atoms with Gasteiger partial charge in [-0.1, -0.05) is 49.2 Å². The highest BCUT2D eigenvalue weighted by molar-refractivity contribution is 7.13. The van der Waals surface area contributed by atoms with Crippen molar-refractivity contribution >= 4 is 40.4 Å². The lowest BCUT2D eigenvalue weighted by molar-refractivity contribution is 0.0707. The normalized spacial score (nSPS) is 15.3. The maximum atomic E-state index is 14.5. The average Bonchev–Trinajstić information content (AvgIpc) is 3.45. The van der Waals surface area contributed by atoms with Crippen molar-refractivity contribution in [3.63, 3.8) is 0 Å². The Morgan fingerprint density at radius 2 is 1.93 bits per heavy atom. The van der Waals surface area contributed by atoms with Gasteiger partial charge >= 0.3 is 0 Å². The van der Waals surface area contributed by atoms with Crippen LogP contribution in [0.4, 0.5) is 0 Å². The summed E-state index contributed by atoms with van der Waals surface area (Å²) < 4.78 is 7.37. The lowest BCUT2D eigenvalue weighted by atomic mass is 9.99. The van der Waals surface area contributed by atoms with Gasteiger partial charge in [0.1, 0.15) is 10.8 Å².